The second kappa shape index (κ2) is 5.10. The van der Waals surface area contributed by atoms with Gasteiger partial charge in [0.05, 0.1) is 22.9 Å². The molecule has 0 saturated heterocycles. The van der Waals surface area contributed by atoms with E-state index >= 15 is 0 Å². The summed E-state index contributed by atoms with van der Waals surface area (Å²) in [6, 6.07) is 13.3. The Balaban J connectivity index is 1.95. The van der Waals surface area contributed by atoms with E-state index in [4.69, 9.17) is 0 Å². The Morgan fingerprint density at radius 2 is 1.62 bits per heavy atom. The number of hydrogen-bond donors (Lipinski definition) is 0. The molecule has 7 heteroatoms. The Morgan fingerprint density at radius 1 is 0.952 bits per heavy atom. The molecule has 2 aromatic carbocycles. The molecule has 0 unspecified atom stereocenters. The van der Waals surface area contributed by atoms with Crippen LogP contribution in [0.3, 0.4) is 0 Å². The highest BCUT2D eigenvalue weighted by Gasteiger charge is 2.10. The summed E-state index contributed by atoms with van der Waals surface area (Å²) in [6.07, 6.45) is 1.62. The number of benzene rings is 2. The minimum Gasteiger partial charge on any atom is -0.358 e. The maximum Gasteiger partial charge on any atom is 0.488 e. The van der Waals surface area contributed by atoms with Crippen LogP contribution in [-0.2, 0) is 10.5 Å². The molecule has 0 atom stereocenters. The fourth-order valence-corrected chi connectivity index (χ4v) is 2.23. The van der Waals surface area contributed by atoms with Gasteiger partial charge in [0, 0.05) is 5.56 Å². The van der Waals surface area contributed by atoms with E-state index in [1.54, 1.807) is 18.3 Å². The molecule has 1 aromatic heterocycles. The SMILES string of the molecule is O=S(=O)(F)Oc1ccc(-c2cnc3ccccc3n2)cc1. The molecule has 0 saturated carbocycles. The smallest absolute Gasteiger partial charge is 0.358 e. The van der Waals surface area contributed by atoms with Gasteiger partial charge in [0.25, 0.3) is 0 Å². The minimum absolute atomic E-state index is 0.102. The van der Waals surface area contributed by atoms with Crippen LogP contribution in [-0.4, -0.2) is 18.4 Å². The molecule has 0 aliphatic rings. The lowest BCUT2D eigenvalue weighted by Gasteiger charge is -2.04. The van der Waals surface area contributed by atoms with Crippen LogP contribution >= 0.6 is 0 Å². The fourth-order valence-electron chi connectivity index (χ4n) is 1.89. The first-order chi connectivity index (χ1) is 10.0. The van der Waals surface area contributed by atoms with Crippen molar-refractivity contribution in [3.8, 4) is 17.0 Å². The second-order valence-electron chi connectivity index (χ2n) is 4.24. The second-order valence-corrected chi connectivity index (χ2v) is 5.20. The first-order valence-electron chi connectivity index (χ1n) is 5.97. The summed E-state index contributed by atoms with van der Waals surface area (Å²) in [5.41, 5.74) is 2.88. The normalized spacial score (nSPS) is 11.5. The molecule has 1 heterocycles. The molecule has 0 aliphatic carbocycles. The maximum absolute atomic E-state index is 12.4. The third-order valence-corrected chi connectivity index (χ3v) is 3.19. The van der Waals surface area contributed by atoms with Crippen molar-refractivity contribution in [3.63, 3.8) is 0 Å². The molecular weight excluding hydrogens is 295 g/mol. The van der Waals surface area contributed by atoms with E-state index in [1.807, 2.05) is 24.3 Å². The van der Waals surface area contributed by atoms with E-state index < -0.39 is 10.5 Å². The third-order valence-electron chi connectivity index (χ3n) is 2.79. The molecule has 0 aliphatic heterocycles. The lowest BCUT2D eigenvalue weighted by Crippen LogP contribution is -2.00. The van der Waals surface area contributed by atoms with Gasteiger partial charge in [0.1, 0.15) is 5.75 Å². The van der Waals surface area contributed by atoms with Crippen LogP contribution in [0.4, 0.5) is 3.89 Å². The maximum atomic E-state index is 12.4. The average molecular weight is 304 g/mol. The molecule has 0 N–H and O–H groups in total. The van der Waals surface area contributed by atoms with E-state index in [1.165, 1.54) is 12.1 Å². The number of para-hydroxylation sites is 2. The van der Waals surface area contributed by atoms with Crippen LogP contribution in [0, 0.1) is 0 Å². The first kappa shape index (κ1) is 13.4. The molecule has 106 valence electrons. The Kier molecular flexibility index (Phi) is 3.26. The van der Waals surface area contributed by atoms with Crippen molar-refractivity contribution in [2.75, 3.05) is 0 Å². The van der Waals surface area contributed by atoms with Crippen LogP contribution in [0.15, 0.2) is 54.7 Å². The van der Waals surface area contributed by atoms with Crippen LogP contribution < -0.4 is 4.18 Å². The summed E-state index contributed by atoms with van der Waals surface area (Å²) < 4.78 is 37.3. The van der Waals surface area contributed by atoms with Gasteiger partial charge in [-0.3, -0.25) is 4.98 Å². The number of nitrogens with zero attached hydrogens (tertiary/aromatic N) is 2. The Bertz CT molecular complexity index is 895. The van der Waals surface area contributed by atoms with Crippen molar-refractivity contribution in [2.24, 2.45) is 0 Å². The van der Waals surface area contributed by atoms with Crippen LogP contribution in [0.5, 0.6) is 5.75 Å². The summed E-state index contributed by atoms with van der Waals surface area (Å²) >= 11 is 0. The van der Waals surface area contributed by atoms with Crippen molar-refractivity contribution in [3.05, 3.63) is 54.7 Å². The average Bonchev–Trinajstić information content (AvgIpc) is 2.46. The zero-order valence-corrected chi connectivity index (χ0v) is 11.4. The highest BCUT2D eigenvalue weighted by atomic mass is 32.3. The van der Waals surface area contributed by atoms with Gasteiger partial charge in [0.15, 0.2) is 0 Å². The number of aromatic nitrogens is 2. The van der Waals surface area contributed by atoms with Crippen molar-refractivity contribution in [1.29, 1.82) is 0 Å². The van der Waals surface area contributed by atoms with E-state index in [0.29, 0.717) is 5.69 Å². The van der Waals surface area contributed by atoms with E-state index in [0.717, 1.165) is 16.6 Å². The quantitative estimate of drug-likeness (QED) is 0.696. The number of halogens is 1. The van der Waals surface area contributed by atoms with Gasteiger partial charge in [-0.15, -0.1) is 0 Å². The molecule has 3 aromatic rings. The summed E-state index contributed by atoms with van der Waals surface area (Å²) in [6.45, 7) is 0. The molecule has 0 fully saturated rings. The summed E-state index contributed by atoms with van der Waals surface area (Å²) in [5, 5.41) is 0. The predicted octanol–water partition coefficient (Wildman–Crippen LogP) is 2.89. The Morgan fingerprint density at radius 3 is 2.29 bits per heavy atom. The van der Waals surface area contributed by atoms with Crippen LogP contribution in [0.1, 0.15) is 0 Å². The standard InChI is InChI=1S/C14H9FN2O3S/c15-21(18,19)20-11-7-5-10(6-8-11)14-9-16-12-3-1-2-4-13(12)17-14/h1-9H. The highest BCUT2D eigenvalue weighted by Crippen LogP contribution is 2.22. The number of fused-ring (bicyclic) bond motifs is 1. The predicted molar refractivity (Wildman–Crippen MR) is 75.6 cm³/mol. The van der Waals surface area contributed by atoms with Crippen LogP contribution in [0.25, 0.3) is 22.3 Å². The zero-order chi connectivity index (χ0) is 14.9. The molecule has 3 rings (SSSR count). The van der Waals surface area contributed by atoms with Gasteiger partial charge in [-0.2, -0.15) is 8.42 Å². The molecule has 0 bridgehead atoms. The largest absolute Gasteiger partial charge is 0.488 e. The number of rotatable bonds is 3. The van der Waals surface area contributed by atoms with E-state index in [9.17, 15) is 12.3 Å². The summed E-state index contributed by atoms with van der Waals surface area (Å²) in [7, 11) is -5.01. The molecule has 0 radical (unpaired) electrons. The molecule has 0 amide bonds. The van der Waals surface area contributed by atoms with Gasteiger partial charge < -0.3 is 4.18 Å². The topological polar surface area (TPSA) is 69.2 Å². The van der Waals surface area contributed by atoms with Crippen molar-refractivity contribution in [1.82, 2.24) is 9.97 Å². The first-order valence-corrected chi connectivity index (χ1v) is 7.28. The van der Waals surface area contributed by atoms with Gasteiger partial charge in [-0.05, 0) is 36.4 Å². The lowest BCUT2D eigenvalue weighted by atomic mass is 10.1. The van der Waals surface area contributed by atoms with Gasteiger partial charge >= 0.3 is 10.5 Å². The monoisotopic (exact) mass is 304 g/mol. The van der Waals surface area contributed by atoms with E-state index in [-0.39, 0.29) is 5.75 Å². The molecule has 21 heavy (non-hydrogen) atoms. The van der Waals surface area contributed by atoms with Crippen molar-refractivity contribution in [2.45, 2.75) is 0 Å². The van der Waals surface area contributed by atoms with Crippen LogP contribution in [0.2, 0.25) is 0 Å². The zero-order valence-electron chi connectivity index (χ0n) is 10.6. The fraction of sp³-hybridized carbons (Fsp3) is 0. The Labute approximate surface area is 120 Å². The molecule has 0 spiro atoms. The van der Waals surface area contributed by atoms with Gasteiger partial charge in [-0.1, -0.05) is 16.0 Å². The summed E-state index contributed by atoms with van der Waals surface area (Å²) in [4.78, 5) is 8.74. The Hall–Kier alpha value is -2.54. The highest BCUT2D eigenvalue weighted by molar-refractivity contribution is 7.81. The van der Waals surface area contributed by atoms with Gasteiger partial charge in [-0.25, -0.2) is 4.98 Å². The summed E-state index contributed by atoms with van der Waals surface area (Å²) in [5.74, 6) is -0.102. The van der Waals surface area contributed by atoms with Crippen molar-refractivity contribution < 1.29 is 16.5 Å². The molecular formula is C14H9FN2O3S. The number of hydrogen-bond acceptors (Lipinski definition) is 5. The van der Waals surface area contributed by atoms with Gasteiger partial charge in [0.2, 0.25) is 0 Å². The van der Waals surface area contributed by atoms with Crippen molar-refractivity contribution >= 4 is 21.5 Å². The van der Waals surface area contributed by atoms with E-state index in [2.05, 4.69) is 14.2 Å². The third kappa shape index (κ3) is 3.14. The molecule has 5 nitrogen and oxygen atoms in total. The minimum atomic E-state index is -5.01. The lowest BCUT2D eigenvalue weighted by molar-refractivity contribution is 0.440.